The smallest absolute Gasteiger partial charge is 0.404 e. The minimum absolute atomic E-state index is 0.297. The molecule has 3 nitrogen and oxygen atoms in total. The molecule has 0 aromatic rings. The van der Waals surface area contributed by atoms with E-state index in [1.165, 1.54) is 0 Å². The molecule has 0 aliphatic rings. The van der Waals surface area contributed by atoms with Gasteiger partial charge in [0.05, 0.1) is 0 Å². The molecule has 0 atom stereocenters. The Bertz CT molecular complexity index is 129. The highest BCUT2D eigenvalue weighted by atomic mass is 16.5. The summed E-state index contributed by atoms with van der Waals surface area (Å²) in [5.41, 5.74) is 5.70. The standard InChI is InChI=1S/C6H11NO2/c1-3-5(2)4-9-6(7)8/h3H,4H2,1-2H3,(H2,7,8)/b5-3+. The van der Waals surface area contributed by atoms with E-state index >= 15 is 0 Å². The molecule has 2 N–H and O–H groups in total. The molecular weight excluding hydrogens is 118 g/mol. The van der Waals surface area contributed by atoms with Crippen LogP contribution in [0.4, 0.5) is 4.79 Å². The van der Waals surface area contributed by atoms with Gasteiger partial charge in [-0.05, 0) is 19.4 Å². The van der Waals surface area contributed by atoms with E-state index in [2.05, 4.69) is 4.74 Å². The molecule has 0 unspecified atom stereocenters. The van der Waals surface area contributed by atoms with Crippen LogP contribution in [0.3, 0.4) is 0 Å². The maximum atomic E-state index is 9.99. The Hall–Kier alpha value is -0.990. The monoisotopic (exact) mass is 129 g/mol. The fraction of sp³-hybridized carbons (Fsp3) is 0.500. The third kappa shape index (κ3) is 4.87. The van der Waals surface area contributed by atoms with Crippen molar-refractivity contribution in [1.29, 1.82) is 0 Å². The number of carbonyl (C=O) groups excluding carboxylic acids is 1. The van der Waals surface area contributed by atoms with Gasteiger partial charge < -0.3 is 10.5 Å². The van der Waals surface area contributed by atoms with Gasteiger partial charge in [0.2, 0.25) is 0 Å². The van der Waals surface area contributed by atoms with Crippen molar-refractivity contribution in [3.05, 3.63) is 11.6 Å². The van der Waals surface area contributed by atoms with E-state index in [0.717, 1.165) is 5.57 Å². The van der Waals surface area contributed by atoms with Gasteiger partial charge in [0.25, 0.3) is 0 Å². The fourth-order valence-corrected chi connectivity index (χ4v) is 0.268. The van der Waals surface area contributed by atoms with Gasteiger partial charge in [0.1, 0.15) is 6.61 Å². The van der Waals surface area contributed by atoms with E-state index in [-0.39, 0.29) is 0 Å². The molecule has 0 rings (SSSR count). The Morgan fingerprint density at radius 1 is 1.78 bits per heavy atom. The number of allylic oxidation sites excluding steroid dienone is 1. The van der Waals surface area contributed by atoms with Crippen LogP contribution in [0.2, 0.25) is 0 Å². The lowest BCUT2D eigenvalue weighted by molar-refractivity contribution is 0.166. The summed E-state index contributed by atoms with van der Waals surface area (Å²) in [5.74, 6) is 0. The molecule has 0 radical (unpaired) electrons. The van der Waals surface area contributed by atoms with Crippen molar-refractivity contribution in [2.45, 2.75) is 13.8 Å². The quantitative estimate of drug-likeness (QED) is 0.566. The van der Waals surface area contributed by atoms with Gasteiger partial charge in [-0.25, -0.2) is 4.79 Å². The van der Waals surface area contributed by atoms with Crippen molar-refractivity contribution in [2.24, 2.45) is 5.73 Å². The summed E-state index contributed by atoms with van der Waals surface area (Å²) < 4.78 is 4.47. The first-order valence-electron chi connectivity index (χ1n) is 2.71. The molecule has 0 aromatic heterocycles. The topological polar surface area (TPSA) is 52.3 Å². The molecule has 0 aliphatic carbocycles. The Morgan fingerprint density at radius 3 is 2.67 bits per heavy atom. The van der Waals surface area contributed by atoms with E-state index in [1.54, 1.807) is 0 Å². The van der Waals surface area contributed by atoms with Crippen LogP contribution < -0.4 is 5.73 Å². The van der Waals surface area contributed by atoms with Gasteiger partial charge in [-0.15, -0.1) is 0 Å². The maximum Gasteiger partial charge on any atom is 0.404 e. The minimum Gasteiger partial charge on any atom is -0.445 e. The first-order chi connectivity index (χ1) is 4.16. The van der Waals surface area contributed by atoms with Gasteiger partial charge in [0.15, 0.2) is 0 Å². The Labute approximate surface area is 54.5 Å². The van der Waals surface area contributed by atoms with Crippen molar-refractivity contribution >= 4 is 6.09 Å². The predicted octanol–water partition coefficient (Wildman–Crippen LogP) is 1.05. The second-order valence-electron chi connectivity index (χ2n) is 1.74. The van der Waals surface area contributed by atoms with Crippen molar-refractivity contribution in [3.8, 4) is 0 Å². The number of carbonyl (C=O) groups is 1. The number of amides is 1. The van der Waals surface area contributed by atoms with Gasteiger partial charge in [-0.3, -0.25) is 0 Å². The number of rotatable bonds is 2. The largest absolute Gasteiger partial charge is 0.445 e. The van der Waals surface area contributed by atoms with Crippen LogP contribution in [0.5, 0.6) is 0 Å². The second-order valence-corrected chi connectivity index (χ2v) is 1.74. The van der Waals surface area contributed by atoms with Gasteiger partial charge in [-0.2, -0.15) is 0 Å². The average molecular weight is 129 g/mol. The molecule has 1 amide bonds. The Morgan fingerprint density at radius 2 is 2.33 bits per heavy atom. The molecule has 0 saturated heterocycles. The summed E-state index contributed by atoms with van der Waals surface area (Å²) in [7, 11) is 0. The van der Waals surface area contributed by atoms with Crippen molar-refractivity contribution < 1.29 is 9.53 Å². The van der Waals surface area contributed by atoms with E-state index in [0.29, 0.717) is 6.61 Å². The summed E-state index contributed by atoms with van der Waals surface area (Å²) in [5, 5.41) is 0. The van der Waals surface area contributed by atoms with Gasteiger partial charge >= 0.3 is 6.09 Å². The van der Waals surface area contributed by atoms with Crippen LogP contribution in [0.25, 0.3) is 0 Å². The average Bonchev–Trinajstić information content (AvgIpc) is 1.83. The molecule has 0 heterocycles. The first kappa shape index (κ1) is 8.01. The molecular formula is C6H11NO2. The summed E-state index contributed by atoms with van der Waals surface area (Å²) in [4.78, 5) is 9.99. The molecule has 0 aliphatic heterocycles. The summed E-state index contributed by atoms with van der Waals surface area (Å²) in [6.45, 7) is 4.04. The highest BCUT2D eigenvalue weighted by molar-refractivity contribution is 5.64. The second kappa shape index (κ2) is 3.95. The molecule has 0 spiro atoms. The van der Waals surface area contributed by atoms with Crippen LogP contribution >= 0.6 is 0 Å². The van der Waals surface area contributed by atoms with E-state index in [1.807, 2.05) is 19.9 Å². The Kier molecular flexibility index (Phi) is 3.51. The third-order valence-electron chi connectivity index (χ3n) is 0.935. The SMILES string of the molecule is C/C=C(\C)COC(N)=O. The number of hydrogen-bond acceptors (Lipinski definition) is 2. The van der Waals surface area contributed by atoms with Crippen LogP contribution in [-0.2, 0) is 4.74 Å². The van der Waals surface area contributed by atoms with E-state index in [9.17, 15) is 4.79 Å². The fourth-order valence-electron chi connectivity index (χ4n) is 0.268. The number of hydrogen-bond donors (Lipinski definition) is 1. The normalized spacial score (nSPS) is 11.1. The third-order valence-corrected chi connectivity index (χ3v) is 0.935. The molecule has 9 heavy (non-hydrogen) atoms. The zero-order valence-electron chi connectivity index (χ0n) is 5.68. The lowest BCUT2D eigenvalue weighted by atomic mass is 10.3. The summed E-state index contributed by atoms with van der Waals surface area (Å²) in [6, 6.07) is 0. The highest BCUT2D eigenvalue weighted by Crippen LogP contribution is 1.90. The van der Waals surface area contributed by atoms with Crippen molar-refractivity contribution in [1.82, 2.24) is 0 Å². The molecule has 0 bridgehead atoms. The van der Waals surface area contributed by atoms with Crippen LogP contribution in [-0.4, -0.2) is 12.7 Å². The molecule has 0 saturated carbocycles. The maximum absolute atomic E-state index is 9.99. The van der Waals surface area contributed by atoms with Gasteiger partial charge in [-0.1, -0.05) is 6.08 Å². The van der Waals surface area contributed by atoms with E-state index < -0.39 is 6.09 Å². The number of nitrogens with two attached hydrogens (primary N) is 1. The van der Waals surface area contributed by atoms with Crippen LogP contribution in [0, 0.1) is 0 Å². The molecule has 0 aromatic carbocycles. The molecule has 3 heteroatoms. The lowest BCUT2D eigenvalue weighted by Gasteiger charge is -1.98. The van der Waals surface area contributed by atoms with Crippen LogP contribution in [0.1, 0.15) is 13.8 Å². The molecule has 52 valence electrons. The van der Waals surface area contributed by atoms with Crippen molar-refractivity contribution in [3.63, 3.8) is 0 Å². The predicted molar refractivity (Wildman–Crippen MR) is 35.0 cm³/mol. The Balaban J connectivity index is 3.39. The lowest BCUT2D eigenvalue weighted by Crippen LogP contribution is -2.13. The minimum atomic E-state index is -0.726. The van der Waals surface area contributed by atoms with E-state index in [4.69, 9.17) is 5.73 Å². The van der Waals surface area contributed by atoms with Gasteiger partial charge in [0, 0.05) is 0 Å². The zero-order valence-corrected chi connectivity index (χ0v) is 5.68. The zero-order chi connectivity index (χ0) is 7.28. The van der Waals surface area contributed by atoms with Crippen LogP contribution in [0.15, 0.2) is 11.6 Å². The number of primary amides is 1. The first-order valence-corrected chi connectivity index (χ1v) is 2.71. The highest BCUT2D eigenvalue weighted by Gasteiger charge is 1.91. The summed E-state index contributed by atoms with van der Waals surface area (Å²) >= 11 is 0. The summed E-state index contributed by atoms with van der Waals surface area (Å²) in [6.07, 6.45) is 1.14. The number of ether oxygens (including phenoxy) is 1. The van der Waals surface area contributed by atoms with Crippen molar-refractivity contribution in [2.75, 3.05) is 6.61 Å². The molecule has 0 fully saturated rings.